The van der Waals surface area contributed by atoms with Crippen molar-refractivity contribution in [1.82, 2.24) is 9.80 Å². The van der Waals surface area contributed by atoms with Gasteiger partial charge in [0.15, 0.2) is 0 Å². The molecule has 42 heavy (non-hydrogen) atoms. The van der Waals surface area contributed by atoms with Crippen molar-refractivity contribution in [2.45, 2.75) is 56.2 Å². The highest BCUT2D eigenvalue weighted by molar-refractivity contribution is 5.91. The Morgan fingerprint density at radius 3 is 2.17 bits per heavy atom. The number of aliphatic hydroxyl groups excluding tert-OH is 1. The molecule has 2 saturated heterocycles. The maximum absolute atomic E-state index is 13.3. The Bertz CT molecular complexity index is 1260. The van der Waals surface area contributed by atoms with Gasteiger partial charge in [0.05, 0.1) is 6.10 Å². The monoisotopic (exact) mass is 594 g/mol. The first kappa shape index (κ1) is 31.6. The molecule has 0 bridgehead atoms. The van der Waals surface area contributed by atoms with Crippen LogP contribution in [0.15, 0.2) is 48.5 Å². The van der Waals surface area contributed by atoms with Crippen molar-refractivity contribution < 1.29 is 41.8 Å². The van der Waals surface area contributed by atoms with E-state index in [1.54, 1.807) is 10.5 Å². The molecule has 2 N–H and O–H groups in total. The number of carbonyl (C=O) groups is 2. The van der Waals surface area contributed by atoms with E-state index in [-0.39, 0.29) is 17.9 Å². The quantitative estimate of drug-likeness (QED) is 0.368. The van der Waals surface area contributed by atoms with Crippen molar-refractivity contribution in [3.8, 4) is 0 Å². The highest BCUT2D eigenvalue weighted by Gasteiger charge is 2.41. The molecular formula is C31H35F5N2O4. The molecule has 1 unspecified atom stereocenters. The van der Waals surface area contributed by atoms with E-state index in [1.807, 2.05) is 0 Å². The fourth-order valence-corrected chi connectivity index (χ4v) is 6.31. The fraction of sp³-hybridized carbons (Fsp3) is 0.484. The van der Waals surface area contributed by atoms with Crippen LogP contribution in [0.1, 0.15) is 48.8 Å². The van der Waals surface area contributed by atoms with Crippen molar-refractivity contribution >= 4 is 18.0 Å². The number of piperidine rings is 2. The van der Waals surface area contributed by atoms with Crippen LogP contribution >= 0.6 is 0 Å². The second-order valence-corrected chi connectivity index (χ2v) is 11.3. The fourth-order valence-electron chi connectivity index (χ4n) is 6.31. The molecule has 1 amide bonds. The zero-order valence-electron chi connectivity index (χ0n) is 23.1. The number of aliphatic hydroxyl groups is 1. The summed E-state index contributed by atoms with van der Waals surface area (Å²) in [6.07, 6.45) is 3.62. The van der Waals surface area contributed by atoms with Crippen LogP contribution in [0, 0.1) is 17.6 Å². The third kappa shape index (κ3) is 7.95. The Balaban J connectivity index is 0.000000517. The molecule has 11 heteroatoms. The summed E-state index contributed by atoms with van der Waals surface area (Å²) in [5.74, 6) is -4.07. The van der Waals surface area contributed by atoms with Crippen LogP contribution in [0.5, 0.6) is 0 Å². The third-order valence-corrected chi connectivity index (χ3v) is 8.66. The number of likely N-dealkylation sites (tertiary alicyclic amines) is 2. The molecule has 228 valence electrons. The zero-order valence-corrected chi connectivity index (χ0v) is 23.1. The number of carboxylic acid groups (broad SMARTS) is 1. The Morgan fingerprint density at radius 1 is 0.976 bits per heavy atom. The first-order valence-corrected chi connectivity index (χ1v) is 14.1. The molecule has 6 nitrogen and oxygen atoms in total. The van der Waals surface area contributed by atoms with Crippen LogP contribution in [0.4, 0.5) is 22.0 Å². The lowest BCUT2D eigenvalue weighted by Gasteiger charge is -2.42. The summed E-state index contributed by atoms with van der Waals surface area (Å²) in [7, 11) is 0. The Labute approximate surface area is 241 Å². The standard InChI is InChI=1S/C29H34F2N2O2.C2HF3O2/c30-24-17-21(18-25(31)19-24)5-6-28(35)33-13-8-23(9-14-33)27(34)20-32-15-11-29(12-16-32)10-7-22-3-1-2-4-26(22)29;3-2(4,5)1(6)7/h1-6,17-19,23,27,34H,7-16,20H2;(H,6,7)/b6-5+;. The molecule has 2 fully saturated rings. The van der Waals surface area contributed by atoms with E-state index in [4.69, 9.17) is 9.90 Å². The van der Waals surface area contributed by atoms with Gasteiger partial charge < -0.3 is 20.0 Å². The highest BCUT2D eigenvalue weighted by Crippen LogP contribution is 2.46. The Kier molecular flexibility index (Phi) is 10.0. The van der Waals surface area contributed by atoms with Gasteiger partial charge in [0.1, 0.15) is 11.6 Å². The van der Waals surface area contributed by atoms with Gasteiger partial charge in [-0.1, -0.05) is 24.3 Å². The van der Waals surface area contributed by atoms with E-state index in [0.29, 0.717) is 30.6 Å². The molecule has 0 saturated carbocycles. The molecule has 0 radical (unpaired) electrons. The maximum Gasteiger partial charge on any atom is 0.490 e. The number of amides is 1. The van der Waals surface area contributed by atoms with E-state index >= 15 is 0 Å². The average molecular weight is 595 g/mol. The summed E-state index contributed by atoms with van der Waals surface area (Å²) in [5, 5.41) is 18.1. The molecular weight excluding hydrogens is 559 g/mol. The number of benzene rings is 2. The number of alkyl halides is 3. The lowest BCUT2D eigenvalue weighted by Crippen LogP contribution is -2.47. The van der Waals surface area contributed by atoms with E-state index in [1.165, 1.54) is 42.7 Å². The van der Waals surface area contributed by atoms with E-state index < -0.39 is 23.8 Å². The molecule has 2 aromatic rings. The minimum absolute atomic E-state index is 0.166. The van der Waals surface area contributed by atoms with Crippen molar-refractivity contribution in [2.24, 2.45) is 5.92 Å². The van der Waals surface area contributed by atoms with Gasteiger partial charge in [-0.25, -0.2) is 13.6 Å². The number of halogens is 5. The second kappa shape index (κ2) is 13.3. The summed E-state index contributed by atoms with van der Waals surface area (Å²) in [6.45, 7) is 3.91. The predicted octanol–water partition coefficient (Wildman–Crippen LogP) is 5.19. The minimum atomic E-state index is -5.08. The van der Waals surface area contributed by atoms with Gasteiger partial charge in [-0.15, -0.1) is 0 Å². The molecule has 1 spiro atoms. The first-order chi connectivity index (χ1) is 19.9. The molecule has 0 aromatic heterocycles. The topological polar surface area (TPSA) is 81.1 Å². The number of carbonyl (C=O) groups excluding carboxylic acids is 1. The SMILES string of the molecule is O=C(/C=C/c1cc(F)cc(F)c1)N1CCC(C(O)CN2CCC3(CCc4ccccc43)CC2)CC1.O=C(O)C(F)(F)F. The highest BCUT2D eigenvalue weighted by atomic mass is 19.4. The van der Waals surface area contributed by atoms with Gasteiger partial charge >= 0.3 is 12.1 Å². The van der Waals surface area contributed by atoms with E-state index in [9.17, 15) is 31.9 Å². The normalized spacial score (nSPS) is 19.8. The lowest BCUT2D eigenvalue weighted by atomic mass is 9.73. The lowest BCUT2D eigenvalue weighted by molar-refractivity contribution is -0.192. The van der Waals surface area contributed by atoms with Crippen LogP contribution in [0.3, 0.4) is 0 Å². The number of hydrogen-bond donors (Lipinski definition) is 2. The summed E-state index contributed by atoms with van der Waals surface area (Å²) >= 11 is 0. The van der Waals surface area contributed by atoms with Crippen molar-refractivity contribution in [2.75, 3.05) is 32.7 Å². The molecule has 3 aliphatic rings. The number of rotatable bonds is 5. The van der Waals surface area contributed by atoms with Crippen LogP contribution < -0.4 is 0 Å². The van der Waals surface area contributed by atoms with Gasteiger partial charge in [0, 0.05) is 31.8 Å². The van der Waals surface area contributed by atoms with E-state index in [0.717, 1.165) is 44.8 Å². The summed E-state index contributed by atoms with van der Waals surface area (Å²) in [5.41, 5.74) is 3.72. The van der Waals surface area contributed by atoms with Crippen molar-refractivity contribution in [1.29, 1.82) is 0 Å². The number of aliphatic carboxylic acids is 1. The van der Waals surface area contributed by atoms with Gasteiger partial charge in [0.2, 0.25) is 5.91 Å². The van der Waals surface area contributed by atoms with Crippen LogP contribution in [-0.4, -0.2) is 76.9 Å². The minimum Gasteiger partial charge on any atom is -0.475 e. The van der Waals surface area contributed by atoms with Gasteiger partial charge in [-0.2, -0.15) is 13.2 Å². The van der Waals surface area contributed by atoms with E-state index in [2.05, 4.69) is 29.2 Å². The molecule has 2 heterocycles. The Morgan fingerprint density at radius 2 is 1.57 bits per heavy atom. The zero-order chi connectivity index (χ0) is 30.5. The third-order valence-electron chi connectivity index (χ3n) is 8.66. The molecule has 2 aromatic carbocycles. The van der Waals surface area contributed by atoms with Gasteiger partial charge in [-0.05, 0) is 97.8 Å². The van der Waals surface area contributed by atoms with Crippen LogP contribution in [-0.2, 0) is 21.4 Å². The second-order valence-electron chi connectivity index (χ2n) is 11.3. The van der Waals surface area contributed by atoms with Crippen LogP contribution in [0.25, 0.3) is 6.08 Å². The van der Waals surface area contributed by atoms with Crippen molar-refractivity contribution in [3.63, 3.8) is 0 Å². The number of nitrogens with zero attached hydrogens (tertiary/aromatic N) is 2. The number of aryl methyl sites for hydroxylation is 1. The van der Waals surface area contributed by atoms with Gasteiger partial charge in [0.25, 0.3) is 0 Å². The predicted molar refractivity (Wildman–Crippen MR) is 147 cm³/mol. The Hall–Kier alpha value is -3.31. The molecule has 5 rings (SSSR count). The largest absolute Gasteiger partial charge is 0.490 e. The van der Waals surface area contributed by atoms with Crippen molar-refractivity contribution in [3.05, 3.63) is 76.9 Å². The molecule has 2 aliphatic heterocycles. The summed E-state index contributed by atoms with van der Waals surface area (Å²) in [6, 6.07) is 12.1. The van der Waals surface area contributed by atoms with Crippen LogP contribution in [0.2, 0.25) is 0 Å². The number of carboxylic acids is 1. The number of β-amino-alcohol motifs (C(OH)–C–C–N with tert-alkyl or cyclic N) is 1. The van der Waals surface area contributed by atoms with Gasteiger partial charge in [-0.3, -0.25) is 4.79 Å². The first-order valence-electron chi connectivity index (χ1n) is 14.1. The molecule has 1 atom stereocenters. The summed E-state index contributed by atoms with van der Waals surface area (Å²) in [4.78, 5) is 25.6. The average Bonchev–Trinajstić information content (AvgIpc) is 3.30. The number of fused-ring (bicyclic) bond motifs is 2. The number of hydrogen-bond acceptors (Lipinski definition) is 4. The maximum atomic E-state index is 13.3. The molecule has 1 aliphatic carbocycles. The summed E-state index contributed by atoms with van der Waals surface area (Å²) < 4.78 is 58.4. The smallest absolute Gasteiger partial charge is 0.475 e.